The zero-order valence-corrected chi connectivity index (χ0v) is 19.0. The predicted molar refractivity (Wildman–Crippen MR) is 130 cm³/mol. The molecule has 0 radical (unpaired) electrons. The molecule has 1 atom stereocenters. The second-order valence-electron chi connectivity index (χ2n) is 7.51. The van der Waals surface area contributed by atoms with Gasteiger partial charge in [0.25, 0.3) is 0 Å². The molecule has 1 unspecified atom stereocenters. The first-order valence-electron chi connectivity index (χ1n) is 10.5. The van der Waals surface area contributed by atoms with Crippen molar-refractivity contribution in [3.05, 3.63) is 110 Å². The smallest absolute Gasteiger partial charge is 0.247 e. The third-order valence-electron chi connectivity index (χ3n) is 5.47. The number of rotatable bonds is 6. The van der Waals surface area contributed by atoms with Crippen LogP contribution >= 0.6 is 22.7 Å². The van der Waals surface area contributed by atoms with Crippen LogP contribution in [0.15, 0.2) is 83.7 Å². The molecular weight excluding hydrogens is 436 g/mol. The number of thiophene rings is 2. The van der Waals surface area contributed by atoms with Gasteiger partial charge >= 0.3 is 0 Å². The standard InChI is InChI=1S/C26H22N2O2S2/c29-25(28-15-12-23-22(13-17-32-23)26(28)24-5-3-16-31-24)11-8-19-6-9-21(10-7-19)30-18-20-4-1-2-14-27-20/h1-11,13-14,16-17,26H,12,15,18H2/b11-8+. The zero-order valence-electron chi connectivity index (χ0n) is 17.4. The first-order chi connectivity index (χ1) is 15.8. The lowest BCUT2D eigenvalue weighted by atomic mass is 9.98. The first-order valence-corrected chi connectivity index (χ1v) is 12.2. The van der Waals surface area contributed by atoms with Gasteiger partial charge in [0, 0.05) is 28.6 Å². The molecule has 1 aliphatic heterocycles. The Kier molecular flexibility index (Phi) is 6.14. The molecule has 4 aromatic rings. The molecule has 0 saturated carbocycles. The summed E-state index contributed by atoms with van der Waals surface area (Å²) >= 11 is 3.49. The number of pyridine rings is 1. The Morgan fingerprint density at radius 3 is 2.75 bits per heavy atom. The van der Waals surface area contributed by atoms with E-state index in [1.54, 1.807) is 34.9 Å². The fraction of sp³-hybridized carbons (Fsp3) is 0.154. The second-order valence-corrected chi connectivity index (χ2v) is 9.49. The van der Waals surface area contributed by atoms with Crippen molar-refractivity contribution in [2.75, 3.05) is 6.54 Å². The third-order valence-corrected chi connectivity index (χ3v) is 7.39. The number of hydrogen-bond donors (Lipinski definition) is 0. The van der Waals surface area contributed by atoms with Crippen LogP contribution in [0.3, 0.4) is 0 Å². The minimum Gasteiger partial charge on any atom is -0.487 e. The molecule has 160 valence electrons. The van der Waals surface area contributed by atoms with Gasteiger partial charge in [0.2, 0.25) is 5.91 Å². The van der Waals surface area contributed by atoms with E-state index in [-0.39, 0.29) is 11.9 Å². The number of carbonyl (C=O) groups is 1. The monoisotopic (exact) mass is 458 g/mol. The van der Waals surface area contributed by atoms with Crippen molar-refractivity contribution in [3.8, 4) is 5.75 Å². The van der Waals surface area contributed by atoms with E-state index in [0.717, 1.165) is 30.0 Å². The van der Waals surface area contributed by atoms with Gasteiger partial charge in [0.05, 0.1) is 11.7 Å². The van der Waals surface area contributed by atoms with Gasteiger partial charge in [-0.1, -0.05) is 24.3 Å². The second kappa shape index (κ2) is 9.51. The summed E-state index contributed by atoms with van der Waals surface area (Å²) in [6.45, 7) is 1.16. The Hall–Kier alpha value is -3.22. The van der Waals surface area contributed by atoms with Crippen molar-refractivity contribution in [2.24, 2.45) is 0 Å². The van der Waals surface area contributed by atoms with Crippen molar-refractivity contribution in [2.45, 2.75) is 19.1 Å². The van der Waals surface area contributed by atoms with Gasteiger partial charge < -0.3 is 9.64 Å². The van der Waals surface area contributed by atoms with E-state index in [0.29, 0.717) is 6.61 Å². The highest BCUT2D eigenvalue weighted by Crippen LogP contribution is 2.39. The lowest BCUT2D eigenvalue weighted by Crippen LogP contribution is -2.38. The Morgan fingerprint density at radius 2 is 1.97 bits per heavy atom. The molecule has 1 aliphatic rings. The molecule has 0 spiro atoms. The minimum atomic E-state index is 0.00419. The number of benzene rings is 1. The van der Waals surface area contributed by atoms with Crippen LogP contribution in [0.4, 0.5) is 0 Å². The summed E-state index contributed by atoms with van der Waals surface area (Å²) in [5.74, 6) is 0.814. The van der Waals surface area contributed by atoms with Crippen LogP contribution in [-0.2, 0) is 17.8 Å². The van der Waals surface area contributed by atoms with Gasteiger partial charge in [-0.25, -0.2) is 0 Å². The highest BCUT2D eigenvalue weighted by Gasteiger charge is 2.32. The van der Waals surface area contributed by atoms with E-state index < -0.39 is 0 Å². The van der Waals surface area contributed by atoms with E-state index in [4.69, 9.17) is 4.74 Å². The van der Waals surface area contributed by atoms with Gasteiger partial charge in [-0.05, 0) is 70.8 Å². The minimum absolute atomic E-state index is 0.00419. The van der Waals surface area contributed by atoms with E-state index >= 15 is 0 Å². The van der Waals surface area contributed by atoms with Crippen LogP contribution < -0.4 is 4.74 Å². The van der Waals surface area contributed by atoms with Gasteiger partial charge in [0.1, 0.15) is 12.4 Å². The normalized spacial score (nSPS) is 15.6. The Labute approximate surface area is 195 Å². The SMILES string of the molecule is O=C(/C=C/c1ccc(OCc2ccccn2)cc1)N1CCc2sccc2C1c1cccs1. The van der Waals surface area contributed by atoms with Crippen LogP contribution in [-0.4, -0.2) is 22.3 Å². The van der Waals surface area contributed by atoms with Crippen LogP contribution in [0.1, 0.15) is 32.6 Å². The molecule has 1 amide bonds. The van der Waals surface area contributed by atoms with Crippen LogP contribution in [0, 0.1) is 0 Å². The maximum atomic E-state index is 13.2. The van der Waals surface area contributed by atoms with Gasteiger partial charge in [-0.3, -0.25) is 9.78 Å². The number of aromatic nitrogens is 1. The summed E-state index contributed by atoms with van der Waals surface area (Å²) in [5.41, 5.74) is 3.11. The molecule has 0 fully saturated rings. The number of hydrogen-bond acceptors (Lipinski definition) is 5. The van der Waals surface area contributed by atoms with Crippen molar-refractivity contribution in [1.82, 2.24) is 9.88 Å². The van der Waals surface area contributed by atoms with Crippen LogP contribution in [0.2, 0.25) is 0 Å². The van der Waals surface area contributed by atoms with E-state index in [2.05, 4.69) is 33.9 Å². The molecule has 0 saturated heterocycles. The maximum absolute atomic E-state index is 13.2. The lowest BCUT2D eigenvalue weighted by molar-refractivity contribution is -0.127. The Bertz CT molecular complexity index is 1200. The number of amides is 1. The first kappa shape index (κ1) is 20.7. The maximum Gasteiger partial charge on any atom is 0.247 e. The summed E-state index contributed by atoms with van der Waals surface area (Å²) in [7, 11) is 0. The zero-order chi connectivity index (χ0) is 21.8. The summed E-state index contributed by atoms with van der Waals surface area (Å²) in [6.07, 6.45) is 6.23. The van der Waals surface area contributed by atoms with Crippen molar-refractivity contribution >= 4 is 34.7 Å². The third kappa shape index (κ3) is 4.52. The molecular formula is C26H22N2O2S2. The Morgan fingerprint density at radius 1 is 1.06 bits per heavy atom. The molecule has 4 nitrogen and oxygen atoms in total. The Balaban J connectivity index is 1.26. The number of fused-ring (bicyclic) bond motifs is 1. The molecule has 5 rings (SSSR count). The summed E-state index contributed by atoms with van der Waals surface area (Å²) in [4.78, 5) is 22.0. The molecule has 32 heavy (non-hydrogen) atoms. The van der Waals surface area contributed by atoms with Gasteiger partial charge in [-0.2, -0.15) is 0 Å². The highest BCUT2D eigenvalue weighted by atomic mass is 32.1. The average molecular weight is 459 g/mol. The summed E-state index contributed by atoms with van der Waals surface area (Å²) in [5, 5.41) is 4.21. The van der Waals surface area contributed by atoms with E-state index in [9.17, 15) is 4.79 Å². The molecule has 1 aromatic carbocycles. The molecule has 3 aromatic heterocycles. The van der Waals surface area contributed by atoms with E-state index in [1.807, 2.05) is 53.4 Å². The quantitative estimate of drug-likeness (QED) is 0.334. The fourth-order valence-electron chi connectivity index (χ4n) is 3.89. The lowest BCUT2D eigenvalue weighted by Gasteiger charge is -2.34. The van der Waals surface area contributed by atoms with Crippen molar-refractivity contribution in [3.63, 3.8) is 0 Å². The van der Waals surface area contributed by atoms with Crippen LogP contribution in [0.25, 0.3) is 6.08 Å². The average Bonchev–Trinajstić information content (AvgIpc) is 3.54. The topological polar surface area (TPSA) is 42.4 Å². The molecule has 4 heterocycles. The highest BCUT2D eigenvalue weighted by molar-refractivity contribution is 7.10. The molecule has 0 aliphatic carbocycles. The van der Waals surface area contributed by atoms with Gasteiger partial charge in [0.15, 0.2) is 0 Å². The fourth-order valence-corrected chi connectivity index (χ4v) is 5.64. The molecule has 0 N–H and O–H groups in total. The van der Waals surface area contributed by atoms with Crippen molar-refractivity contribution in [1.29, 1.82) is 0 Å². The molecule has 6 heteroatoms. The van der Waals surface area contributed by atoms with Crippen LogP contribution in [0.5, 0.6) is 5.75 Å². The summed E-state index contributed by atoms with van der Waals surface area (Å²) < 4.78 is 5.79. The van der Waals surface area contributed by atoms with Gasteiger partial charge in [-0.15, -0.1) is 22.7 Å². The van der Waals surface area contributed by atoms with Crippen molar-refractivity contribution < 1.29 is 9.53 Å². The van der Waals surface area contributed by atoms with E-state index in [1.165, 1.54) is 15.3 Å². The summed E-state index contributed by atoms with van der Waals surface area (Å²) in [6, 6.07) is 19.9. The molecule has 0 bridgehead atoms. The number of ether oxygens (including phenoxy) is 1. The predicted octanol–water partition coefficient (Wildman–Crippen LogP) is 5.97. The number of nitrogens with zero attached hydrogens (tertiary/aromatic N) is 2. The number of carbonyl (C=O) groups excluding carboxylic acids is 1. The largest absolute Gasteiger partial charge is 0.487 e.